The van der Waals surface area contributed by atoms with E-state index in [-0.39, 0.29) is 12.3 Å². The number of carbonyl (C=O) groups is 2. The second-order valence-corrected chi connectivity index (χ2v) is 4.58. The van der Waals surface area contributed by atoms with Crippen LogP contribution in [-0.4, -0.2) is 30.2 Å². The van der Waals surface area contributed by atoms with Crippen molar-refractivity contribution in [2.24, 2.45) is 5.10 Å². The van der Waals surface area contributed by atoms with Gasteiger partial charge in [-0.15, -0.1) is 0 Å². The number of hydrogen-bond donors (Lipinski definition) is 1. The molecule has 0 fully saturated rings. The Labute approximate surface area is 125 Å². The number of ketones is 1. The number of carbonyl (C=O) groups excluding carboxylic acids is 2. The standard InChI is InChI=1S/C14H15F3N2O3/c1-9-4-3-5-11(6-9)22-8-13(21)19-18-10(2)7-12(20)14(15,16)17/h3-6H,7-8H2,1-2H3,(H,19,21). The third-order valence-electron chi connectivity index (χ3n) is 2.46. The second-order valence-electron chi connectivity index (χ2n) is 4.58. The molecule has 0 bridgehead atoms. The van der Waals surface area contributed by atoms with Crippen LogP contribution < -0.4 is 10.2 Å². The van der Waals surface area contributed by atoms with Gasteiger partial charge in [-0.25, -0.2) is 5.43 Å². The number of rotatable bonds is 6. The molecule has 0 aromatic heterocycles. The Bertz CT molecular complexity index is 583. The lowest BCUT2D eigenvalue weighted by atomic mass is 10.2. The van der Waals surface area contributed by atoms with E-state index in [1.807, 2.05) is 18.4 Å². The summed E-state index contributed by atoms with van der Waals surface area (Å²) in [5.74, 6) is -2.07. The summed E-state index contributed by atoms with van der Waals surface area (Å²) in [7, 11) is 0. The first-order valence-corrected chi connectivity index (χ1v) is 6.30. The van der Waals surface area contributed by atoms with Crippen LogP contribution >= 0.6 is 0 Å². The number of nitrogens with one attached hydrogen (secondary N) is 1. The molecule has 120 valence electrons. The van der Waals surface area contributed by atoms with E-state index in [0.717, 1.165) is 5.56 Å². The summed E-state index contributed by atoms with van der Waals surface area (Å²) in [6, 6.07) is 7.01. The highest BCUT2D eigenvalue weighted by molar-refractivity contribution is 6.03. The number of Topliss-reactive ketones (excluding diaryl/α,β-unsaturated/α-hetero) is 1. The third kappa shape index (κ3) is 6.38. The van der Waals surface area contributed by atoms with Crippen LogP contribution in [0.2, 0.25) is 0 Å². The Hall–Kier alpha value is -2.38. The van der Waals surface area contributed by atoms with E-state index in [0.29, 0.717) is 5.75 Å². The van der Waals surface area contributed by atoms with E-state index < -0.39 is 24.3 Å². The Morgan fingerprint density at radius 3 is 2.59 bits per heavy atom. The Morgan fingerprint density at radius 1 is 1.32 bits per heavy atom. The van der Waals surface area contributed by atoms with Crippen LogP contribution in [0.3, 0.4) is 0 Å². The monoisotopic (exact) mass is 316 g/mol. The maximum absolute atomic E-state index is 12.0. The van der Waals surface area contributed by atoms with Crippen molar-refractivity contribution < 1.29 is 27.5 Å². The molecule has 1 N–H and O–H groups in total. The van der Waals surface area contributed by atoms with E-state index >= 15 is 0 Å². The van der Waals surface area contributed by atoms with Gasteiger partial charge in [0, 0.05) is 5.71 Å². The summed E-state index contributed by atoms with van der Waals surface area (Å²) in [6.07, 6.45) is -5.81. The van der Waals surface area contributed by atoms with Crippen LogP contribution in [0.15, 0.2) is 29.4 Å². The Kier molecular flexibility index (Phi) is 6.09. The zero-order chi connectivity index (χ0) is 16.8. The molecule has 0 saturated carbocycles. The molecule has 1 aromatic rings. The minimum Gasteiger partial charge on any atom is -0.484 e. The van der Waals surface area contributed by atoms with Crippen LogP contribution in [0.1, 0.15) is 18.9 Å². The molecule has 0 aliphatic rings. The predicted molar refractivity (Wildman–Crippen MR) is 73.6 cm³/mol. The quantitative estimate of drug-likeness (QED) is 0.647. The van der Waals surface area contributed by atoms with Crippen LogP contribution in [-0.2, 0) is 9.59 Å². The van der Waals surface area contributed by atoms with Gasteiger partial charge in [-0.3, -0.25) is 9.59 Å². The summed E-state index contributed by atoms with van der Waals surface area (Å²) < 4.78 is 41.3. The van der Waals surface area contributed by atoms with Gasteiger partial charge in [0.15, 0.2) is 6.61 Å². The Balaban J connectivity index is 2.42. The van der Waals surface area contributed by atoms with Gasteiger partial charge in [0.1, 0.15) is 5.75 Å². The fourth-order valence-corrected chi connectivity index (χ4v) is 1.42. The number of alkyl halides is 3. The smallest absolute Gasteiger partial charge is 0.450 e. The van der Waals surface area contributed by atoms with E-state index in [4.69, 9.17) is 4.74 Å². The summed E-state index contributed by atoms with van der Waals surface area (Å²) in [5, 5.41) is 3.42. The maximum Gasteiger partial charge on any atom is 0.450 e. The SMILES string of the molecule is CC(CC(=O)C(F)(F)F)=NNC(=O)COc1cccc(C)c1. The highest BCUT2D eigenvalue weighted by Gasteiger charge is 2.37. The molecule has 1 rings (SSSR count). The molecule has 0 saturated heterocycles. The number of nitrogens with zero attached hydrogens (tertiary/aromatic N) is 1. The van der Waals surface area contributed by atoms with Gasteiger partial charge < -0.3 is 4.74 Å². The van der Waals surface area contributed by atoms with Crippen molar-refractivity contribution in [3.8, 4) is 5.75 Å². The first-order valence-electron chi connectivity index (χ1n) is 6.30. The number of amides is 1. The highest BCUT2D eigenvalue weighted by Crippen LogP contribution is 2.17. The summed E-state index contributed by atoms with van der Waals surface area (Å²) in [4.78, 5) is 22.2. The molecule has 0 aliphatic heterocycles. The fraction of sp³-hybridized carbons (Fsp3) is 0.357. The number of ether oxygens (including phenoxy) is 1. The van der Waals surface area contributed by atoms with Crippen molar-refractivity contribution >= 4 is 17.4 Å². The molecule has 1 aromatic carbocycles. The zero-order valence-corrected chi connectivity index (χ0v) is 12.0. The maximum atomic E-state index is 12.0. The summed E-state index contributed by atoms with van der Waals surface area (Å²) >= 11 is 0. The van der Waals surface area contributed by atoms with Crippen LogP contribution in [0.4, 0.5) is 13.2 Å². The average molecular weight is 316 g/mol. The van der Waals surface area contributed by atoms with Gasteiger partial charge in [0.05, 0.1) is 6.42 Å². The van der Waals surface area contributed by atoms with Gasteiger partial charge in [0.25, 0.3) is 5.91 Å². The van der Waals surface area contributed by atoms with Gasteiger partial charge in [-0.2, -0.15) is 18.3 Å². The van der Waals surface area contributed by atoms with Crippen molar-refractivity contribution in [3.05, 3.63) is 29.8 Å². The van der Waals surface area contributed by atoms with Crippen LogP contribution in [0.25, 0.3) is 0 Å². The van der Waals surface area contributed by atoms with E-state index in [1.165, 1.54) is 6.92 Å². The molecule has 8 heteroatoms. The Morgan fingerprint density at radius 2 is 2.00 bits per heavy atom. The van der Waals surface area contributed by atoms with Gasteiger partial charge >= 0.3 is 6.18 Å². The van der Waals surface area contributed by atoms with Gasteiger partial charge in [0.2, 0.25) is 5.78 Å². The fourth-order valence-electron chi connectivity index (χ4n) is 1.42. The van der Waals surface area contributed by atoms with Crippen molar-refractivity contribution in [2.45, 2.75) is 26.4 Å². The average Bonchev–Trinajstić information content (AvgIpc) is 2.42. The molecule has 1 amide bonds. The molecule has 0 radical (unpaired) electrons. The first kappa shape index (κ1) is 17.7. The van der Waals surface area contributed by atoms with Crippen molar-refractivity contribution in [1.29, 1.82) is 0 Å². The molecule has 0 unspecified atom stereocenters. The minimum absolute atomic E-state index is 0.147. The van der Waals surface area contributed by atoms with Crippen molar-refractivity contribution in [1.82, 2.24) is 5.43 Å². The molecule has 22 heavy (non-hydrogen) atoms. The number of aryl methyl sites for hydroxylation is 1. The molecular formula is C14H15F3N2O3. The normalized spacial score (nSPS) is 12.0. The largest absolute Gasteiger partial charge is 0.484 e. The minimum atomic E-state index is -4.91. The lowest BCUT2D eigenvalue weighted by Gasteiger charge is -2.07. The molecule has 0 heterocycles. The lowest BCUT2D eigenvalue weighted by molar-refractivity contribution is -0.169. The van der Waals surface area contributed by atoms with E-state index in [9.17, 15) is 22.8 Å². The van der Waals surface area contributed by atoms with Gasteiger partial charge in [-0.1, -0.05) is 12.1 Å². The van der Waals surface area contributed by atoms with Crippen molar-refractivity contribution in [2.75, 3.05) is 6.61 Å². The van der Waals surface area contributed by atoms with Crippen LogP contribution in [0, 0.1) is 6.92 Å². The molecular weight excluding hydrogens is 301 g/mol. The first-order chi connectivity index (χ1) is 10.2. The number of halogens is 3. The van der Waals surface area contributed by atoms with Crippen LogP contribution in [0.5, 0.6) is 5.75 Å². The topological polar surface area (TPSA) is 67.8 Å². The highest BCUT2D eigenvalue weighted by atomic mass is 19.4. The van der Waals surface area contributed by atoms with Gasteiger partial charge in [-0.05, 0) is 31.5 Å². The predicted octanol–water partition coefficient (Wildman–Crippen LogP) is 2.39. The molecule has 0 atom stereocenters. The lowest BCUT2D eigenvalue weighted by Crippen LogP contribution is -2.28. The molecule has 5 nitrogen and oxygen atoms in total. The third-order valence-corrected chi connectivity index (χ3v) is 2.46. The molecule has 0 aliphatic carbocycles. The van der Waals surface area contributed by atoms with E-state index in [2.05, 4.69) is 5.10 Å². The zero-order valence-electron chi connectivity index (χ0n) is 12.0. The summed E-state index contributed by atoms with van der Waals surface area (Å²) in [6.45, 7) is 2.73. The van der Waals surface area contributed by atoms with Crippen molar-refractivity contribution in [3.63, 3.8) is 0 Å². The van der Waals surface area contributed by atoms with E-state index in [1.54, 1.807) is 18.2 Å². The number of hydrogen-bond acceptors (Lipinski definition) is 4. The molecule has 0 spiro atoms. The summed E-state index contributed by atoms with van der Waals surface area (Å²) in [5.41, 5.74) is 2.84. The number of benzene rings is 1. The number of hydrazone groups is 1. The second kappa shape index (κ2) is 7.58.